The molecule has 0 amide bonds. The Balaban J connectivity index is 2.36. The fourth-order valence-corrected chi connectivity index (χ4v) is 3.67. The van der Waals surface area contributed by atoms with Crippen LogP contribution in [0.15, 0.2) is 0 Å². The van der Waals surface area contributed by atoms with Crippen LogP contribution in [0.2, 0.25) is 0 Å². The zero-order valence-corrected chi connectivity index (χ0v) is 12.7. The minimum absolute atomic E-state index is 0.363. The second-order valence-corrected chi connectivity index (χ2v) is 7.83. The molecule has 0 aliphatic heterocycles. The van der Waals surface area contributed by atoms with Crippen molar-refractivity contribution in [3.05, 3.63) is 0 Å². The molecule has 1 aliphatic carbocycles. The second-order valence-electron chi connectivity index (χ2n) is 5.65. The number of sulfonamides is 1. The summed E-state index contributed by atoms with van der Waals surface area (Å²) in [6.45, 7) is 7.94. The van der Waals surface area contributed by atoms with Crippen LogP contribution < -0.4 is 10.0 Å². The van der Waals surface area contributed by atoms with Crippen LogP contribution >= 0.6 is 0 Å². The van der Waals surface area contributed by atoms with Gasteiger partial charge >= 0.3 is 0 Å². The summed E-state index contributed by atoms with van der Waals surface area (Å²) in [5.74, 6) is 1.27. The predicted molar refractivity (Wildman–Crippen MR) is 76.1 cm³/mol. The van der Waals surface area contributed by atoms with Crippen molar-refractivity contribution in [1.82, 2.24) is 10.0 Å². The molecule has 0 aromatic rings. The highest BCUT2D eigenvalue weighted by atomic mass is 32.2. The van der Waals surface area contributed by atoms with E-state index in [9.17, 15) is 8.42 Å². The predicted octanol–water partition coefficient (Wildman–Crippen LogP) is 1.73. The maximum atomic E-state index is 12.0. The molecule has 0 saturated heterocycles. The Morgan fingerprint density at radius 2 is 2.06 bits per heavy atom. The van der Waals surface area contributed by atoms with Crippen molar-refractivity contribution in [2.24, 2.45) is 11.8 Å². The summed E-state index contributed by atoms with van der Waals surface area (Å²) in [6, 6.07) is 0. The van der Waals surface area contributed by atoms with Crippen LogP contribution in [0.4, 0.5) is 0 Å². The summed E-state index contributed by atoms with van der Waals surface area (Å²) in [6.07, 6.45) is 4.85. The summed E-state index contributed by atoms with van der Waals surface area (Å²) in [5.41, 5.74) is 0. The van der Waals surface area contributed by atoms with Gasteiger partial charge in [-0.15, -0.1) is 0 Å². The minimum atomic E-state index is -3.16. The first-order chi connectivity index (χ1) is 8.45. The van der Waals surface area contributed by atoms with E-state index in [1.54, 1.807) is 6.92 Å². The van der Waals surface area contributed by atoms with Gasteiger partial charge in [-0.05, 0) is 38.1 Å². The van der Waals surface area contributed by atoms with Gasteiger partial charge in [0.05, 0.1) is 5.25 Å². The van der Waals surface area contributed by atoms with E-state index in [4.69, 9.17) is 0 Å². The van der Waals surface area contributed by atoms with Crippen LogP contribution in [0.1, 0.15) is 46.5 Å². The smallest absolute Gasteiger partial charge is 0.215 e. The Morgan fingerprint density at radius 1 is 1.33 bits per heavy atom. The first-order valence-corrected chi connectivity index (χ1v) is 8.69. The van der Waals surface area contributed by atoms with Crippen molar-refractivity contribution in [3.63, 3.8) is 0 Å². The molecule has 1 fully saturated rings. The topological polar surface area (TPSA) is 58.2 Å². The van der Waals surface area contributed by atoms with Crippen molar-refractivity contribution >= 4 is 10.0 Å². The summed E-state index contributed by atoms with van der Waals surface area (Å²) < 4.78 is 26.8. The molecule has 1 rings (SSSR count). The maximum absolute atomic E-state index is 12.0. The first-order valence-electron chi connectivity index (χ1n) is 7.15. The number of nitrogens with one attached hydrogen (secondary N) is 2. The molecule has 108 valence electrons. The van der Waals surface area contributed by atoms with Gasteiger partial charge in [0, 0.05) is 13.1 Å². The normalized spacial score (nSPS) is 27.1. The van der Waals surface area contributed by atoms with Crippen molar-refractivity contribution in [3.8, 4) is 0 Å². The van der Waals surface area contributed by atoms with Gasteiger partial charge in [0.1, 0.15) is 0 Å². The zero-order valence-electron chi connectivity index (χ0n) is 11.9. The molecule has 3 unspecified atom stereocenters. The Labute approximate surface area is 112 Å². The molecule has 18 heavy (non-hydrogen) atoms. The largest absolute Gasteiger partial charge is 0.316 e. The lowest BCUT2D eigenvalue weighted by molar-refractivity contribution is 0.283. The fraction of sp³-hybridized carbons (Fsp3) is 1.00. The molecule has 0 aromatic carbocycles. The average molecular weight is 276 g/mol. The molecular formula is C13H28N2O2S. The molecule has 3 atom stereocenters. The molecule has 0 heterocycles. The van der Waals surface area contributed by atoms with E-state index >= 15 is 0 Å². The van der Waals surface area contributed by atoms with Crippen molar-refractivity contribution < 1.29 is 8.42 Å². The van der Waals surface area contributed by atoms with Gasteiger partial charge in [0.2, 0.25) is 10.0 Å². The van der Waals surface area contributed by atoms with E-state index in [0.29, 0.717) is 19.0 Å². The number of hydrogen-bond acceptors (Lipinski definition) is 3. The molecule has 1 aliphatic rings. The van der Waals surface area contributed by atoms with Gasteiger partial charge in [0.15, 0.2) is 0 Å². The van der Waals surface area contributed by atoms with Gasteiger partial charge in [-0.2, -0.15) is 0 Å². The van der Waals surface area contributed by atoms with Gasteiger partial charge < -0.3 is 5.32 Å². The first kappa shape index (κ1) is 15.9. The van der Waals surface area contributed by atoms with Crippen LogP contribution in [0.25, 0.3) is 0 Å². The van der Waals surface area contributed by atoms with E-state index in [-0.39, 0.29) is 5.25 Å². The Kier molecular flexibility index (Phi) is 6.60. The van der Waals surface area contributed by atoms with E-state index < -0.39 is 10.0 Å². The van der Waals surface area contributed by atoms with E-state index in [2.05, 4.69) is 17.0 Å². The highest BCUT2D eigenvalue weighted by molar-refractivity contribution is 7.90. The van der Waals surface area contributed by atoms with E-state index in [1.807, 2.05) is 6.92 Å². The highest BCUT2D eigenvalue weighted by Crippen LogP contribution is 2.28. The van der Waals surface area contributed by atoms with Crippen LogP contribution in [0, 0.1) is 11.8 Å². The molecule has 5 heteroatoms. The second kappa shape index (κ2) is 7.46. The van der Waals surface area contributed by atoms with Gasteiger partial charge in [-0.25, -0.2) is 13.1 Å². The van der Waals surface area contributed by atoms with Crippen LogP contribution in [0.5, 0.6) is 0 Å². The fourth-order valence-electron chi connectivity index (χ4n) is 2.58. The van der Waals surface area contributed by atoms with Crippen molar-refractivity contribution in [2.45, 2.75) is 51.7 Å². The Hall–Kier alpha value is -0.130. The summed E-state index contributed by atoms with van der Waals surface area (Å²) in [7, 11) is -3.16. The SMILES string of the molecule is CCNCC(C)S(=O)(=O)NCC1CCCC(C)C1. The molecule has 1 saturated carbocycles. The summed E-state index contributed by atoms with van der Waals surface area (Å²) in [4.78, 5) is 0. The molecule has 4 nitrogen and oxygen atoms in total. The lowest BCUT2D eigenvalue weighted by atomic mass is 9.83. The van der Waals surface area contributed by atoms with E-state index in [1.165, 1.54) is 12.8 Å². The minimum Gasteiger partial charge on any atom is -0.316 e. The standard InChI is InChI=1S/C13H28N2O2S/c1-4-14-9-12(3)18(16,17)15-10-13-7-5-6-11(2)8-13/h11-15H,4-10H2,1-3H3. The van der Waals surface area contributed by atoms with Gasteiger partial charge in [0.25, 0.3) is 0 Å². The average Bonchev–Trinajstić information content (AvgIpc) is 2.33. The molecular weight excluding hydrogens is 248 g/mol. The van der Waals surface area contributed by atoms with Gasteiger partial charge in [-0.3, -0.25) is 0 Å². The summed E-state index contributed by atoms with van der Waals surface area (Å²) in [5, 5.41) is 2.72. The molecule has 0 spiro atoms. The van der Waals surface area contributed by atoms with Crippen molar-refractivity contribution in [1.29, 1.82) is 0 Å². The van der Waals surface area contributed by atoms with Crippen LogP contribution in [0.3, 0.4) is 0 Å². The Morgan fingerprint density at radius 3 is 2.67 bits per heavy atom. The Bertz CT molecular complexity index is 330. The van der Waals surface area contributed by atoms with Gasteiger partial charge in [-0.1, -0.05) is 26.7 Å². The summed E-state index contributed by atoms with van der Waals surface area (Å²) >= 11 is 0. The third-order valence-corrected chi connectivity index (χ3v) is 5.62. The lowest BCUT2D eigenvalue weighted by Gasteiger charge is -2.27. The monoisotopic (exact) mass is 276 g/mol. The highest BCUT2D eigenvalue weighted by Gasteiger charge is 2.24. The van der Waals surface area contributed by atoms with Crippen LogP contribution in [-0.4, -0.2) is 33.3 Å². The molecule has 2 N–H and O–H groups in total. The quantitative estimate of drug-likeness (QED) is 0.744. The molecule has 0 radical (unpaired) electrons. The van der Waals surface area contributed by atoms with E-state index in [0.717, 1.165) is 25.3 Å². The third kappa shape index (κ3) is 5.24. The molecule has 0 bridgehead atoms. The number of rotatable bonds is 7. The lowest BCUT2D eigenvalue weighted by Crippen LogP contribution is -2.41. The third-order valence-electron chi connectivity index (χ3n) is 3.83. The maximum Gasteiger partial charge on any atom is 0.215 e. The van der Waals surface area contributed by atoms with Crippen LogP contribution in [-0.2, 0) is 10.0 Å². The van der Waals surface area contributed by atoms with Crippen molar-refractivity contribution in [2.75, 3.05) is 19.6 Å². The number of hydrogen-bond donors (Lipinski definition) is 2. The zero-order chi connectivity index (χ0) is 13.6. The molecule has 0 aromatic heterocycles.